The van der Waals surface area contributed by atoms with E-state index >= 15 is 0 Å². The lowest BCUT2D eigenvalue weighted by atomic mass is 10.0. The Kier molecular flexibility index (Phi) is 3.34. The third kappa shape index (κ3) is 2.77. The zero-order valence-corrected chi connectivity index (χ0v) is 10.3. The molecule has 0 saturated heterocycles. The summed E-state index contributed by atoms with van der Waals surface area (Å²) in [7, 11) is 0. The van der Waals surface area contributed by atoms with Gasteiger partial charge in [0, 0.05) is 10.7 Å². The van der Waals surface area contributed by atoms with Gasteiger partial charge < -0.3 is 5.73 Å². The van der Waals surface area contributed by atoms with Gasteiger partial charge in [-0.15, -0.1) is 0 Å². The summed E-state index contributed by atoms with van der Waals surface area (Å²) in [6.07, 6.45) is 0.584. The molecule has 88 valence electrons. The smallest absolute Gasteiger partial charge is 0.126 e. The number of hydrogen-bond donors (Lipinski definition) is 1. The average molecular weight is 250 g/mol. The van der Waals surface area contributed by atoms with Crippen molar-refractivity contribution in [1.29, 1.82) is 0 Å². The van der Waals surface area contributed by atoms with Gasteiger partial charge in [-0.2, -0.15) is 0 Å². The Balaban J connectivity index is 2.33. The van der Waals surface area contributed by atoms with Crippen molar-refractivity contribution in [1.82, 2.24) is 0 Å². The molecule has 0 saturated carbocycles. The summed E-state index contributed by atoms with van der Waals surface area (Å²) in [6, 6.07) is 10.7. The number of nitrogens with two attached hydrogens (primary N) is 1. The highest BCUT2D eigenvalue weighted by molar-refractivity contribution is 6.31. The number of aryl methyl sites for hydroxylation is 1. The van der Waals surface area contributed by atoms with E-state index in [0.717, 1.165) is 11.1 Å². The Morgan fingerprint density at radius 1 is 1.24 bits per heavy atom. The molecule has 0 aromatic heterocycles. The Labute approximate surface area is 105 Å². The van der Waals surface area contributed by atoms with Crippen molar-refractivity contribution < 1.29 is 4.39 Å². The van der Waals surface area contributed by atoms with E-state index in [0.29, 0.717) is 22.7 Å². The maximum absolute atomic E-state index is 13.5. The van der Waals surface area contributed by atoms with Crippen molar-refractivity contribution in [3.63, 3.8) is 0 Å². The van der Waals surface area contributed by atoms with Crippen molar-refractivity contribution in [3.05, 3.63) is 63.9 Å². The van der Waals surface area contributed by atoms with Crippen LogP contribution in [0.5, 0.6) is 0 Å². The molecule has 17 heavy (non-hydrogen) atoms. The number of hydrogen-bond acceptors (Lipinski definition) is 1. The van der Waals surface area contributed by atoms with Crippen molar-refractivity contribution in [2.24, 2.45) is 0 Å². The summed E-state index contributed by atoms with van der Waals surface area (Å²) in [4.78, 5) is 0. The highest BCUT2D eigenvalue weighted by Crippen LogP contribution is 2.23. The van der Waals surface area contributed by atoms with Crippen LogP contribution < -0.4 is 5.73 Å². The third-order valence-electron chi connectivity index (χ3n) is 2.67. The second-order valence-corrected chi connectivity index (χ2v) is 4.52. The van der Waals surface area contributed by atoms with Gasteiger partial charge in [0.15, 0.2) is 0 Å². The molecule has 2 N–H and O–H groups in total. The van der Waals surface area contributed by atoms with Crippen LogP contribution in [0, 0.1) is 12.7 Å². The normalized spacial score (nSPS) is 10.5. The number of anilines is 1. The Morgan fingerprint density at radius 3 is 2.71 bits per heavy atom. The molecule has 0 spiro atoms. The summed E-state index contributed by atoms with van der Waals surface area (Å²) < 4.78 is 13.5. The molecule has 2 aromatic carbocycles. The van der Waals surface area contributed by atoms with E-state index in [4.69, 9.17) is 17.3 Å². The van der Waals surface area contributed by atoms with Gasteiger partial charge in [0.2, 0.25) is 0 Å². The van der Waals surface area contributed by atoms with Gasteiger partial charge in [-0.25, -0.2) is 4.39 Å². The molecule has 0 heterocycles. The van der Waals surface area contributed by atoms with Crippen LogP contribution in [0.25, 0.3) is 0 Å². The molecule has 0 radical (unpaired) electrons. The summed E-state index contributed by atoms with van der Waals surface area (Å²) in [5.41, 5.74) is 8.76. The van der Waals surface area contributed by atoms with E-state index in [1.807, 2.05) is 24.3 Å². The standard InChI is InChI=1S/C14H13ClFN/c1-9-5-13(15)11(8-14(9)16)6-10-3-2-4-12(17)7-10/h2-5,7-8H,6,17H2,1H3. The van der Waals surface area contributed by atoms with E-state index in [1.165, 1.54) is 6.07 Å². The maximum atomic E-state index is 13.5. The van der Waals surface area contributed by atoms with Crippen LogP contribution in [-0.4, -0.2) is 0 Å². The summed E-state index contributed by atoms with van der Waals surface area (Å²) >= 11 is 6.09. The predicted molar refractivity (Wildman–Crippen MR) is 69.8 cm³/mol. The minimum absolute atomic E-state index is 0.228. The molecule has 2 aromatic rings. The second-order valence-electron chi connectivity index (χ2n) is 4.11. The van der Waals surface area contributed by atoms with Gasteiger partial charge in [0.25, 0.3) is 0 Å². The predicted octanol–water partition coefficient (Wildman–Crippen LogP) is 3.96. The minimum atomic E-state index is -0.228. The molecule has 0 aliphatic rings. The first-order valence-corrected chi connectivity index (χ1v) is 5.73. The molecule has 0 amide bonds. The monoisotopic (exact) mass is 249 g/mol. The van der Waals surface area contributed by atoms with Crippen LogP contribution in [0.1, 0.15) is 16.7 Å². The van der Waals surface area contributed by atoms with Gasteiger partial charge in [0.05, 0.1) is 0 Å². The van der Waals surface area contributed by atoms with Crippen molar-refractivity contribution in [3.8, 4) is 0 Å². The highest BCUT2D eigenvalue weighted by atomic mass is 35.5. The van der Waals surface area contributed by atoms with Crippen LogP contribution in [0.2, 0.25) is 5.02 Å². The topological polar surface area (TPSA) is 26.0 Å². The zero-order valence-electron chi connectivity index (χ0n) is 9.50. The van der Waals surface area contributed by atoms with Crippen LogP contribution >= 0.6 is 11.6 Å². The SMILES string of the molecule is Cc1cc(Cl)c(Cc2cccc(N)c2)cc1F. The lowest BCUT2D eigenvalue weighted by molar-refractivity contribution is 0.616. The first-order valence-electron chi connectivity index (χ1n) is 5.35. The molecule has 1 nitrogen and oxygen atoms in total. The van der Waals surface area contributed by atoms with Crippen LogP contribution in [0.3, 0.4) is 0 Å². The van der Waals surface area contributed by atoms with Crippen molar-refractivity contribution in [2.75, 3.05) is 5.73 Å². The van der Waals surface area contributed by atoms with Crippen molar-refractivity contribution in [2.45, 2.75) is 13.3 Å². The molecule has 3 heteroatoms. The van der Waals surface area contributed by atoms with E-state index in [-0.39, 0.29) is 5.82 Å². The van der Waals surface area contributed by atoms with E-state index in [9.17, 15) is 4.39 Å². The summed E-state index contributed by atoms with van der Waals surface area (Å²) in [5.74, 6) is -0.228. The zero-order chi connectivity index (χ0) is 12.4. The molecule has 0 aliphatic carbocycles. The maximum Gasteiger partial charge on any atom is 0.126 e. The molecule has 0 unspecified atom stereocenters. The van der Waals surface area contributed by atoms with Gasteiger partial charge in [-0.1, -0.05) is 23.7 Å². The fourth-order valence-corrected chi connectivity index (χ4v) is 2.03. The average Bonchev–Trinajstić information content (AvgIpc) is 2.26. The first-order chi connectivity index (χ1) is 8.06. The molecule has 0 atom stereocenters. The lowest BCUT2D eigenvalue weighted by Gasteiger charge is -2.07. The molecular weight excluding hydrogens is 237 g/mol. The quantitative estimate of drug-likeness (QED) is 0.801. The Hall–Kier alpha value is -1.54. The van der Waals surface area contributed by atoms with Crippen LogP contribution in [0.15, 0.2) is 36.4 Å². The van der Waals surface area contributed by atoms with E-state index in [1.54, 1.807) is 13.0 Å². The Morgan fingerprint density at radius 2 is 2.00 bits per heavy atom. The van der Waals surface area contributed by atoms with Gasteiger partial charge in [0.1, 0.15) is 5.82 Å². The van der Waals surface area contributed by atoms with E-state index in [2.05, 4.69) is 0 Å². The van der Waals surface area contributed by atoms with Crippen LogP contribution in [-0.2, 0) is 6.42 Å². The second kappa shape index (κ2) is 4.76. The molecular formula is C14H13ClFN. The summed E-state index contributed by atoms with van der Waals surface area (Å²) in [6.45, 7) is 1.70. The molecule has 0 aliphatic heterocycles. The van der Waals surface area contributed by atoms with Gasteiger partial charge in [-0.05, 0) is 54.3 Å². The van der Waals surface area contributed by atoms with E-state index < -0.39 is 0 Å². The minimum Gasteiger partial charge on any atom is -0.399 e. The molecule has 0 fully saturated rings. The fraction of sp³-hybridized carbons (Fsp3) is 0.143. The third-order valence-corrected chi connectivity index (χ3v) is 3.03. The Bertz CT molecular complexity index is 552. The molecule has 0 bridgehead atoms. The fourth-order valence-electron chi connectivity index (χ4n) is 1.75. The number of nitrogen functional groups attached to an aromatic ring is 1. The number of benzene rings is 2. The van der Waals surface area contributed by atoms with Crippen molar-refractivity contribution >= 4 is 17.3 Å². The largest absolute Gasteiger partial charge is 0.399 e. The number of rotatable bonds is 2. The van der Waals surface area contributed by atoms with Gasteiger partial charge >= 0.3 is 0 Å². The highest BCUT2D eigenvalue weighted by Gasteiger charge is 2.06. The molecule has 2 rings (SSSR count). The number of halogens is 2. The summed E-state index contributed by atoms with van der Waals surface area (Å²) in [5, 5.41) is 0.589. The van der Waals surface area contributed by atoms with Gasteiger partial charge in [-0.3, -0.25) is 0 Å². The van der Waals surface area contributed by atoms with Crippen LogP contribution in [0.4, 0.5) is 10.1 Å². The lowest BCUT2D eigenvalue weighted by Crippen LogP contribution is -1.94. The first kappa shape index (κ1) is 11.9.